The fraction of sp³-hybridized carbons (Fsp3) is 0.429. The molecule has 1 amide bonds. The molecule has 0 bridgehead atoms. The summed E-state index contributed by atoms with van der Waals surface area (Å²) in [5.74, 6) is 0.311. The lowest BCUT2D eigenvalue weighted by atomic mass is 9.88. The van der Waals surface area contributed by atoms with E-state index < -0.39 is 0 Å². The highest BCUT2D eigenvalue weighted by Gasteiger charge is 2.29. The highest BCUT2D eigenvalue weighted by atomic mass is 35.5. The van der Waals surface area contributed by atoms with E-state index in [0.717, 1.165) is 36.1 Å². The number of esters is 1. The number of carbonyl (C=O) groups is 2. The van der Waals surface area contributed by atoms with Crippen LogP contribution in [0.25, 0.3) is 0 Å². The van der Waals surface area contributed by atoms with Gasteiger partial charge in [0.25, 0.3) is 5.91 Å². The van der Waals surface area contributed by atoms with Crippen LogP contribution < -0.4 is 10.1 Å². The summed E-state index contributed by atoms with van der Waals surface area (Å²) < 4.78 is 10.9. The maximum Gasteiger partial charge on any atom is 0.341 e. The molecule has 1 heterocycles. The highest BCUT2D eigenvalue weighted by molar-refractivity contribution is 7.17. The van der Waals surface area contributed by atoms with Crippen molar-refractivity contribution in [1.82, 2.24) is 0 Å². The number of ether oxygens (including phenoxy) is 2. The Morgan fingerprint density at radius 2 is 2.11 bits per heavy atom. The largest absolute Gasteiger partial charge is 0.482 e. The lowest BCUT2D eigenvalue weighted by Crippen LogP contribution is -2.21. The van der Waals surface area contributed by atoms with Gasteiger partial charge in [-0.3, -0.25) is 4.79 Å². The molecule has 1 aromatic carbocycles. The number of fused-ring (bicyclic) bond motifs is 1. The summed E-state index contributed by atoms with van der Waals surface area (Å²) in [6.07, 6.45) is 3.53. The van der Waals surface area contributed by atoms with Crippen molar-refractivity contribution >= 4 is 39.8 Å². The molecule has 0 saturated carbocycles. The van der Waals surface area contributed by atoms with Crippen molar-refractivity contribution in [2.45, 2.75) is 39.5 Å². The molecule has 0 unspecified atom stereocenters. The molecule has 3 rings (SSSR count). The Hall–Kier alpha value is -2.05. The first-order valence-electron chi connectivity index (χ1n) is 9.48. The molecule has 7 heteroatoms. The maximum absolute atomic E-state index is 12.6. The molecule has 1 atom stereocenters. The van der Waals surface area contributed by atoms with E-state index in [1.165, 1.54) is 11.3 Å². The van der Waals surface area contributed by atoms with Crippen LogP contribution in [-0.2, 0) is 22.4 Å². The van der Waals surface area contributed by atoms with Crippen LogP contribution in [-0.4, -0.2) is 25.1 Å². The molecule has 2 aromatic rings. The van der Waals surface area contributed by atoms with Gasteiger partial charge in [0.15, 0.2) is 6.61 Å². The Bertz CT molecular complexity index is 864. The van der Waals surface area contributed by atoms with Gasteiger partial charge in [-0.2, -0.15) is 0 Å². The lowest BCUT2D eigenvalue weighted by Gasteiger charge is -2.18. The molecule has 1 aliphatic rings. The van der Waals surface area contributed by atoms with Crippen LogP contribution in [0.4, 0.5) is 5.00 Å². The maximum atomic E-state index is 12.6. The Kier molecular flexibility index (Phi) is 6.97. The average Bonchev–Trinajstić information content (AvgIpc) is 3.02. The summed E-state index contributed by atoms with van der Waals surface area (Å²) in [4.78, 5) is 26.2. The molecule has 0 fully saturated rings. The summed E-state index contributed by atoms with van der Waals surface area (Å²) in [6.45, 7) is 4.33. The minimum atomic E-state index is -0.365. The van der Waals surface area contributed by atoms with E-state index in [1.807, 2.05) is 6.92 Å². The lowest BCUT2D eigenvalue weighted by molar-refractivity contribution is -0.118. The number of thiophene rings is 1. The number of halogens is 1. The topological polar surface area (TPSA) is 64.6 Å². The van der Waals surface area contributed by atoms with Crippen LogP contribution in [0.1, 0.15) is 47.5 Å². The summed E-state index contributed by atoms with van der Waals surface area (Å²) >= 11 is 7.52. The molecule has 28 heavy (non-hydrogen) atoms. The van der Waals surface area contributed by atoms with Gasteiger partial charge in [-0.1, -0.05) is 37.6 Å². The van der Waals surface area contributed by atoms with Gasteiger partial charge in [0, 0.05) is 4.88 Å². The normalized spacial score (nSPS) is 15.6. The number of rotatable bonds is 7. The predicted octanol–water partition coefficient (Wildman–Crippen LogP) is 5.11. The van der Waals surface area contributed by atoms with Crippen LogP contribution in [0, 0.1) is 5.92 Å². The van der Waals surface area contributed by atoms with Gasteiger partial charge >= 0.3 is 5.97 Å². The molecule has 5 nitrogen and oxygen atoms in total. The fourth-order valence-corrected chi connectivity index (χ4v) is 4.79. The molecular weight excluding hydrogens is 398 g/mol. The van der Waals surface area contributed by atoms with Crippen molar-refractivity contribution in [2.24, 2.45) is 5.92 Å². The zero-order chi connectivity index (χ0) is 20.1. The molecular formula is C21H24ClNO4S. The third-order valence-electron chi connectivity index (χ3n) is 4.60. The monoisotopic (exact) mass is 421 g/mol. The van der Waals surface area contributed by atoms with Crippen molar-refractivity contribution in [2.75, 3.05) is 18.5 Å². The van der Waals surface area contributed by atoms with E-state index in [0.29, 0.717) is 33.9 Å². The second-order valence-corrected chi connectivity index (χ2v) is 8.47. The van der Waals surface area contributed by atoms with Gasteiger partial charge in [-0.25, -0.2) is 4.79 Å². The number of amides is 1. The van der Waals surface area contributed by atoms with Crippen molar-refractivity contribution in [3.05, 3.63) is 45.3 Å². The quantitative estimate of drug-likeness (QED) is 0.631. The van der Waals surface area contributed by atoms with Gasteiger partial charge in [-0.05, 0) is 49.3 Å². The van der Waals surface area contributed by atoms with Crippen LogP contribution in [0.2, 0.25) is 5.02 Å². The number of benzene rings is 1. The third-order valence-corrected chi connectivity index (χ3v) is 6.08. The fourth-order valence-electron chi connectivity index (χ4n) is 3.19. The van der Waals surface area contributed by atoms with E-state index in [9.17, 15) is 9.59 Å². The Morgan fingerprint density at radius 3 is 2.86 bits per heavy atom. The van der Waals surface area contributed by atoms with Crippen LogP contribution in [0.15, 0.2) is 24.3 Å². The third kappa shape index (κ3) is 4.86. The van der Waals surface area contributed by atoms with E-state index >= 15 is 0 Å². The smallest absolute Gasteiger partial charge is 0.341 e. The number of hydrogen-bond donors (Lipinski definition) is 1. The summed E-state index contributed by atoms with van der Waals surface area (Å²) in [5, 5.41) is 3.83. The molecule has 150 valence electrons. The summed E-state index contributed by atoms with van der Waals surface area (Å²) in [7, 11) is 0. The first kappa shape index (κ1) is 20.7. The molecule has 1 aliphatic carbocycles. The number of hydrogen-bond acceptors (Lipinski definition) is 5. The van der Waals surface area contributed by atoms with Crippen molar-refractivity contribution in [3.63, 3.8) is 0 Å². The minimum Gasteiger partial charge on any atom is -0.482 e. The van der Waals surface area contributed by atoms with Crippen LogP contribution in [0.3, 0.4) is 0 Å². The van der Waals surface area contributed by atoms with Crippen molar-refractivity contribution in [3.8, 4) is 5.75 Å². The standard InChI is InChI=1S/C21H24ClNO4S/c1-3-10-26-21(25)19-14-9-8-13(2)11-17(14)28-20(19)23-18(24)12-27-16-7-5-4-6-15(16)22/h4-7,13H,3,8-12H2,1-2H3,(H,23,24)/t13-/m1/s1. The minimum absolute atomic E-state index is 0.188. The zero-order valence-electron chi connectivity index (χ0n) is 16.0. The molecule has 0 spiro atoms. The van der Waals surface area contributed by atoms with E-state index in [2.05, 4.69) is 12.2 Å². The van der Waals surface area contributed by atoms with E-state index in [-0.39, 0.29) is 18.5 Å². The van der Waals surface area contributed by atoms with E-state index in [1.54, 1.807) is 24.3 Å². The highest BCUT2D eigenvalue weighted by Crippen LogP contribution is 2.40. The van der Waals surface area contributed by atoms with Gasteiger partial charge in [0.1, 0.15) is 10.8 Å². The predicted molar refractivity (Wildman–Crippen MR) is 112 cm³/mol. The summed E-state index contributed by atoms with van der Waals surface area (Å²) in [5.41, 5.74) is 1.53. The number of para-hydroxylation sites is 1. The molecule has 0 aliphatic heterocycles. The average molecular weight is 422 g/mol. The Balaban J connectivity index is 1.75. The van der Waals surface area contributed by atoms with Crippen molar-refractivity contribution < 1.29 is 19.1 Å². The molecule has 0 radical (unpaired) electrons. The molecule has 0 saturated heterocycles. The molecule has 1 N–H and O–H groups in total. The first-order valence-corrected chi connectivity index (χ1v) is 10.7. The molecule has 1 aromatic heterocycles. The van der Waals surface area contributed by atoms with Gasteiger partial charge in [0.2, 0.25) is 0 Å². The van der Waals surface area contributed by atoms with Gasteiger partial charge in [0.05, 0.1) is 17.2 Å². The zero-order valence-corrected chi connectivity index (χ0v) is 17.6. The number of nitrogens with one attached hydrogen (secondary N) is 1. The Morgan fingerprint density at radius 1 is 1.32 bits per heavy atom. The number of carbonyl (C=O) groups excluding carboxylic acids is 2. The van der Waals surface area contributed by atoms with E-state index in [4.69, 9.17) is 21.1 Å². The van der Waals surface area contributed by atoms with Crippen LogP contribution >= 0.6 is 22.9 Å². The van der Waals surface area contributed by atoms with Crippen LogP contribution in [0.5, 0.6) is 5.75 Å². The first-order chi connectivity index (χ1) is 13.5. The summed E-state index contributed by atoms with van der Waals surface area (Å²) in [6, 6.07) is 6.98. The Labute approximate surface area is 174 Å². The van der Waals surface area contributed by atoms with Crippen molar-refractivity contribution in [1.29, 1.82) is 0 Å². The second kappa shape index (κ2) is 9.43. The second-order valence-electron chi connectivity index (χ2n) is 6.96. The number of anilines is 1. The SMILES string of the molecule is CCCOC(=O)c1c(NC(=O)COc2ccccc2Cl)sc2c1CC[C@@H](C)C2. The van der Waals surface area contributed by atoms with Gasteiger partial charge in [-0.15, -0.1) is 11.3 Å². The van der Waals surface area contributed by atoms with Gasteiger partial charge < -0.3 is 14.8 Å².